The zero-order valence-corrected chi connectivity index (χ0v) is 13.2. The van der Waals surface area contributed by atoms with Gasteiger partial charge in [0.1, 0.15) is 0 Å². The molecule has 2 aliphatic rings. The maximum Gasteiger partial charge on any atom is 0.315 e. The molecule has 0 aromatic carbocycles. The average Bonchev–Trinajstić information content (AvgIpc) is 2.30. The van der Waals surface area contributed by atoms with Crippen LogP contribution in [0.1, 0.15) is 58.8 Å². The second-order valence-corrected chi connectivity index (χ2v) is 7.37. The van der Waals surface area contributed by atoms with Crippen LogP contribution in [0.4, 0.5) is 4.79 Å². The van der Waals surface area contributed by atoms with Crippen molar-refractivity contribution in [1.29, 1.82) is 0 Å². The minimum atomic E-state index is -0.771. The van der Waals surface area contributed by atoms with Crippen LogP contribution in [0.15, 0.2) is 0 Å². The molecule has 2 aliphatic carbocycles. The molecule has 2 unspecified atom stereocenters. The van der Waals surface area contributed by atoms with Crippen molar-refractivity contribution in [3.8, 4) is 0 Å². The van der Waals surface area contributed by atoms with Crippen LogP contribution in [0.25, 0.3) is 0 Å². The first-order chi connectivity index (χ1) is 9.88. The van der Waals surface area contributed by atoms with Gasteiger partial charge < -0.3 is 15.7 Å². The normalized spacial score (nSPS) is 31.0. The van der Waals surface area contributed by atoms with Gasteiger partial charge in [0.05, 0.1) is 6.42 Å². The lowest BCUT2D eigenvalue weighted by molar-refractivity contribution is -0.141. The third kappa shape index (κ3) is 4.61. The predicted molar refractivity (Wildman–Crippen MR) is 81.0 cm³/mol. The van der Waals surface area contributed by atoms with Crippen molar-refractivity contribution in [2.24, 2.45) is 17.3 Å². The van der Waals surface area contributed by atoms with Gasteiger partial charge in [-0.05, 0) is 49.4 Å². The van der Waals surface area contributed by atoms with Gasteiger partial charge in [0.2, 0.25) is 0 Å². The number of urea groups is 1. The predicted octanol–water partition coefficient (Wildman–Crippen LogP) is 2.76. The third-order valence-corrected chi connectivity index (χ3v) is 5.08. The Bertz CT molecular complexity index is 383. The van der Waals surface area contributed by atoms with E-state index in [-0.39, 0.29) is 23.9 Å². The molecule has 2 atom stereocenters. The van der Waals surface area contributed by atoms with Crippen LogP contribution in [0.5, 0.6) is 0 Å². The molecule has 0 aromatic rings. The van der Waals surface area contributed by atoms with Crippen molar-refractivity contribution in [2.75, 3.05) is 6.54 Å². The summed E-state index contributed by atoms with van der Waals surface area (Å²) < 4.78 is 0. The molecular weight excluding hydrogens is 268 g/mol. The minimum absolute atomic E-state index is 0.141. The number of rotatable bonds is 5. The molecule has 0 aromatic heterocycles. The Morgan fingerprint density at radius 3 is 2.24 bits per heavy atom. The van der Waals surface area contributed by atoms with Crippen molar-refractivity contribution in [3.05, 3.63) is 0 Å². The highest BCUT2D eigenvalue weighted by atomic mass is 16.4. The summed E-state index contributed by atoms with van der Waals surface area (Å²) in [5.41, 5.74) is -0.212. The van der Waals surface area contributed by atoms with Crippen LogP contribution >= 0.6 is 0 Å². The zero-order valence-electron chi connectivity index (χ0n) is 13.2. The molecule has 5 nitrogen and oxygen atoms in total. The van der Waals surface area contributed by atoms with E-state index in [1.807, 2.05) is 0 Å². The SMILES string of the molecule is CC1CC(C)CC(NC(=O)NCC2(CC(=O)O)CCC2)C1. The fraction of sp³-hybridized carbons (Fsp3) is 0.875. The number of nitrogens with one attached hydrogen (secondary N) is 2. The van der Waals surface area contributed by atoms with Crippen molar-refractivity contribution >= 4 is 12.0 Å². The van der Waals surface area contributed by atoms with Crippen molar-refractivity contribution in [3.63, 3.8) is 0 Å². The van der Waals surface area contributed by atoms with Crippen LogP contribution in [0, 0.1) is 17.3 Å². The van der Waals surface area contributed by atoms with Gasteiger partial charge in [-0.25, -0.2) is 4.79 Å². The third-order valence-electron chi connectivity index (χ3n) is 5.08. The first-order valence-electron chi connectivity index (χ1n) is 8.15. The Hall–Kier alpha value is -1.26. The van der Waals surface area contributed by atoms with E-state index in [1.165, 1.54) is 6.42 Å². The zero-order chi connectivity index (χ0) is 15.5. The Balaban J connectivity index is 1.75. The van der Waals surface area contributed by atoms with E-state index in [0.29, 0.717) is 18.4 Å². The van der Waals surface area contributed by atoms with E-state index in [0.717, 1.165) is 32.1 Å². The standard InChI is InChI=1S/C16H28N2O3/c1-11-6-12(2)8-13(7-11)18-15(21)17-10-16(4-3-5-16)9-14(19)20/h11-13H,3-10H2,1-2H3,(H,19,20)(H2,17,18,21). The summed E-state index contributed by atoms with van der Waals surface area (Å²) in [5, 5.41) is 14.9. The lowest BCUT2D eigenvalue weighted by atomic mass is 9.66. The van der Waals surface area contributed by atoms with E-state index in [9.17, 15) is 9.59 Å². The summed E-state index contributed by atoms with van der Waals surface area (Å²) in [6.07, 6.45) is 6.34. The van der Waals surface area contributed by atoms with E-state index >= 15 is 0 Å². The highest BCUT2D eigenvalue weighted by Gasteiger charge is 2.39. The van der Waals surface area contributed by atoms with Crippen LogP contribution < -0.4 is 10.6 Å². The number of aliphatic carboxylic acids is 1. The van der Waals surface area contributed by atoms with Crippen LogP contribution in [-0.2, 0) is 4.79 Å². The van der Waals surface area contributed by atoms with Crippen LogP contribution in [-0.4, -0.2) is 29.7 Å². The Morgan fingerprint density at radius 2 is 1.76 bits per heavy atom. The molecule has 0 aliphatic heterocycles. The summed E-state index contributed by atoms with van der Waals surface area (Å²) in [4.78, 5) is 22.9. The average molecular weight is 296 g/mol. The summed E-state index contributed by atoms with van der Waals surface area (Å²) in [6.45, 7) is 4.94. The molecule has 0 saturated heterocycles. The molecule has 0 radical (unpaired) electrons. The number of carboxylic acid groups (broad SMARTS) is 1. The second kappa shape index (κ2) is 6.67. The lowest BCUT2D eigenvalue weighted by Crippen LogP contribution is -2.50. The van der Waals surface area contributed by atoms with Crippen LogP contribution in [0.2, 0.25) is 0 Å². The fourth-order valence-electron chi connectivity index (χ4n) is 3.98. The highest BCUT2D eigenvalue weighted by Crippen LogP contribution is 2.43. The van der Waals surface area contributed by atoms with Crippen molar-refractivity contribution in [2.45, 2.75) is 64.8 Å². The largest absolute Gasteiger partial charge is 0.481 e. The molecule has 2 rings (SSSR count). The maximum absolute atomic E-state index is 12.0. The number of hydrogen-bond donors (Lipinski definition) is 3. The number of carboxylic acids is 1. The van der Waals surface area contributed by atoms with E-state index in [4.69, 9.17) is 5.11 Å². The summed E-state index contributed by atoms with van der Waals surface area (Å²) in [5.74, 6) is 0.542. The first kappa shape index (κ1) is 16.1. The molecule has 2 fully saturated rings. The molecule has 120 valence electrons. The molecule has 21 heavy (non-hydrogen) atoms. The molecule has 3 N–H and O–H groups in total. The first-order valence-corrected chi connectivity index (χ1v) is 8.15. The molecule has 2 saturated carbocycles. The Kier molecular flexibility index (Phi) is 5.12. The number of carbonyl (C=O) groups excluding carboxylic acids is 1. The van der Waals surface area contributed by atoms with Gasteiger partial charge in [-0.1, -0.05) is 20.3 Å². The minimum Gasteiger partial charge on any atom is -0.481 e. The quantitative estimate of drug-likeness (QED) is 0.730. The molecule has 0 heterocycles. The van der Waals surface area contributed by atoms with Crippen LogP contribution in [0.3, 0.4) is 0 Å². The topological polar surface area (TPSA) is 78.4 Å². The Morgan fingerprint density at radius 1 is 1.14 bits per heavy atom. The number of amides is 2. The lowest BCUT2D eigenvalue weighted by Gasteiger charge is -2.41. The molecule has 2 amide bonds. The summed E-state index contributed by atoms with van der Waals surface area (Å²) >= 11 is 0. The monoisotopic (exact) mass is 296 g/mol. The van der Waals surface area contributed by atoms with E-state index in [1.54, 1.807) is 0 Å². The van der Waals surface area contributed by atoms with E-state index < -0.39 is 5.97 Å². The Labute approximate surface area is 126 Å². The maximum atomic E-state index is 12.0. The fourth-order valence-corrected chi connectivity index (χ4v) is 3.98. The summed E-state index contributed by atoms with van der Waals surface area (Å²) in [6, 6.07) is 0.110. The van der Waals surface area contributed by atoms with Gasteiger partial charge >= 0.3 is 12.0 Å². The van der Waals surface area contributed by atoms with Gasteiger partial charge in [-0.3, -0.25) is 4.79 Å². The molecular formula is C16H28N2O3. The van der Waals surface area contributed by atoms with Gasteiger partial charge in [-0.2, -0.15) is 0 Å². The van der Waals surface area contributed by atoms with Gasteiger partial charge in [0.15, 0.2) is 0 Å². The van der Waals surface area contributed by atoms with Gasteiger partial charge in [-0.15, -0.1) is 0 Å². The number of carbonyl (C=O) groups is 2. The summed E-state index contributed by atoms with van der Waals surface area (Å²) in [7, 11) is 0. The molecule has 0 spiro atoms. The van der Waals surface area contributed by atoms with E-state index in [2.05, 4.69) is 24.5 Å². The molecule has 5 heteroatoms. The van der Waals surface area contributed by atoms with Crippen molar-refractivity contribution < 1.29 is 14.7 Å². The van der Waals surface area contributed by atoms with Crippen molar-refractivity contribution in [1.82, 2.24) is 10.6 Å². The van der Waals surface area contributed by atoms with Gasteiger partial charge in [0.25, 0.3) is 0 Å². The molecule has 0 bridgehead atoms. The van der Waals surface area contributed by atoms with Gasteiger partial charge in [0, 0.05) is 12.6 Å². The number of hydrogen-bond acceptors (Lipinski definition) is 2. The highest BCUT2D eigenvalue weighted by molar-refractivity contribution is 5.74. The smallest absolute Gasteiger partial charge is 0.315 e. The second-order valence-electron chi connectivity index (χ2n) is 7.37.